The van der Waals surface area contributed by atoms with Crippen molar-refractivity contribution in [1.82, 2.24) is 0 Å². The molecule has 0 atom stereocenters. The van der Waals surface area contributed by atoms with Gasteiger partial charge in [-0.05, 0) is 77.3 Å². The third-order valence-corrected chi connectivity index (χ3v) is 7.75. The zero-order chi connectivity index (χ0) is 20.8. The van der Waals surface area contributed by atoms with Gasteiger partial charge in [0.05, 0.1) is 0 Å². The molecule has 4 heteroatoms. The van der Waals surface area contributed by atoms with Crippen LogP contribution in [0.25, 0.3) is 11.1 Å². The van der Waals surface area contributed by atoms with Crippen molar-refractivity contribution in [3.63, 3.8) is 0 Å². The van der Waals surface area contributed by atoms with Crippen molar-refractivity contribution in [2.45, 2.75) is 51.4 Å². The van der Waals surface area contributed by atoms with Crippen molar-refractivity contribution in [2.24, 2.45) is 0 Å². The molecule has 0 unspecified atom stereocenters. The number of allylic oxidation sites excluding steroid dienone is 4. The molecule has 6 rings (SSSR count). The Kier molecular flexibility index (Phi) is 5.40. The highest BCUT2D eigenvalue weighted by atomic mass is 79.9. The van der Waals surface area contributed by atoms with Gasteiger partial charge in [0.25, 0.3) is 0 Å². The maximum absolute atomic E-state index is 11.8. The van der Waals surface area contributed by atoms with Crippen LogP contribution in [0.3, 0.4) is 0 Å². The molecule has 0 amide bonds. The number of hydrogen-bond donors (Lipinski definition) is 0. The Bertz CT molecular complexity index is 1150. The van der Waals surface area contributed by atoms with Gasteiger partial charge in [-0.2, -0.15) is 0 Å². The maximum atomic E-state index is 11.8. The Labute approximate surface area is 193 Å². The molecular weight excluding hydrogens is 504 g/mol. The third-order valence-electron chi connectivity index (χ3n) is 6.59. The fourth-order valence-electron chi connectivity index (χ4n) is 5.21. The van der Waals surface area contributed by atoms with Gasteiger partial charge in [-0.15, -0.1) is 0 Å². The minimum Gasteiger partial charge on any atom is -0.295 e. The van der Waals surface area contributed by atoms with Crippen molar-refractivity contribution in [1.29, 1.82) is 0 Å². The summed E-state index contributed by atoms with van der Waals surface area (Å²) >= 11 is 7.06. The van der Waals surface area contributed by atoms with Crippen molar-refractivity contribution in [3.8, 4) is 0 Å². The Morgan fingerprint density at radius 2 is 1.33 bits per heavy atom. The van der Waals surface area contributed by atoms with Crippen LogP contribution in [0.1, 0.15) is 60.8 Å². The molecule has 0 fully saturated rings. The second-order valence-electron chi connectivity index (χ2n) is 8.40. The van der Waals surface area contributed by atoms with Gasteiger partial charge in [0, 0.05) is 45.8 Å². The molecule has 2 nitrogen and oxygen atoms in total. The number of carbonyl (C=O) groups excluding carboxylic acids is 2. The molecule has 0 aromatic heterocycles. The fourth-order valence-corrected chi connectivity index (χ4v) is 6.27. The quantitative estimate of drug-likeness (QED) is 0.370. The van der Waals surface area contributed by atoms with Crippen LogP contribution >= 0.6 is 31.9 Å². The summed E-state index contributed by atoms with van der Waals surface area (Å²) in [5.74, 6) is 0.725. The van der Waals surface area contributed by atoms with Gasteiger partial charge in [0.1, 0.15) is 0 Å². The van der Waals surface area contributed by atoms with E-state index in [0.717, 1.165) is 71.5 Å². The smallest absolute Gasteiger partial charge is 0.159 e. The van der Waals surface area contributed by atoms with Gasteiger partial charge in [0.15, 0.2) is 11.6 Å². The SMILES string of the molecule is O=C1CCCC2=C1Cc1cc(Br)ccc12.O=C1CCCC2=C1Cc1cccc(Br)c12. The summed E-state index contributed by atoms with van der Waals surface area (Å²) in [5.41, 5.74) is 9.98. The summed E-state index contributed by atoms with van der Waals surface area (Å²) in [6.07, 6.45) is 7.36. The monoisotopic (exact) mass is 524 g/mol. The van der Waals surface area contributed by atoms with E-state index in [9.17, 15) is 9.59 Å². The molecule has 0 saturated carbocycles. The van der Waals surface area contributed by atoms with E-state index in [4.69, 9.17) is 0 Å². The molecule has 0 saturated heterocycles. The number of Topliss-reactive ketones (excluding diaryl/α,β-unsaturated/α-hetero) is 2. The fraction of sp³-hybridized carbons (Fsp3) is 0.308. The summed E-state index contributed by atoms with van der Waals surface area (Å²) < 4.78 is 2.24. The van der Waals surface area contributed by atoms with Crippen LogP contribution in [0, 0.1) is 0 Å². The highest BCUT2D eigenvalue weighted by Crippen LogP contribution is 2.43. The molecule has 2 aromatic carbocycles. The summed E-state index contributed by atoms with van der Waals surface area (Å²) in [6.45, 7) is 0. The lowest BCUT2D eigenvalue weighted by molar-refractivity contribution is -0.116. The summed E-state index contributed by atoms with van der Waals surface area (Å²) in [7, 11) is 0. The molecule has 2 aromatic rings. The Morgan fingerprint density at radius 3 is 2.10 bits per heavy atom. The van der Waals surface area contributed by atoms with E-state index in [1.165, 1.54) is 33.4 Å². The van der Waals surface area contributed by atoms with Crippen LogP contribution in [-0.4, -0.2) is 11.6 Å². The zero-order valence-corrected chi connectivity index (χ0v) is 19.9. The third kappa shape index (κ3) is 3.48. The molecule has 30 heavy (non-hydrogen) atoms. The van der Waals surface area contributed by atoms with Crippen LogP contribution in [0.2, 0.25) is 0 Å². The standard InChI is InChI=1S/2C13H11BrO/c14-11-5-1-3-8-7-10-9(13(8)11)4-2-6-12(10)15;14-9-4-5-10-8(6-9)7-12-11(10)2-1-3-13(12)15/h1,3,5H,2,4,6-7H2;4-6H,1-3,7H2. The van der Waals surface area contributed by atoms with Crippen LogP contribution in [-0.2, 0) is 22.4 Å². The minimum absolute atomic E-state index is 0.361. The Morgan fingerprint density at radius 1 is 0.667 bits per heavy atom. The van der Waals surface area contributed by atoms with Crippen LogP contribution < -0.4 is 0 Å². The minimum atomic E-state index is 0.361. The molecule has 4 aliphatic carbocycles. The lowest BCUT2D eigenvalue weighted by Gasteiger charge is -2.13. The zero-order valence-electron chi connectivity index (χ0n) is 16.7. The lowest BCUT2D eigenvalue weighted by Crippen LogP contribution is -2.08. The normalized spacial score (nSPS) is 19.1. The van der Waals surface area contributed by atoms with Gasteiger partial charge >= 0.3 is 0 Å². The Hall–Kier alpha value is -1.78. The van der Waals surface area contributed by atoms with Gasteiger partial charge in [-0.25, -0.2) is 0 Å². The van der Waals surface area contributed by atoms with Crippen LogP contribution in [0.15, 0.2) is 56.5 Å². The first-order valence-electron chi connectivity index (χ1n) is 10.6. The van der Waals surface area contributed by atoms with E-state index in [0.29, 0.717) is 11.6 Å². The summed E-state index contributed by atoms with van der Waals surface area (Å²) in [5, 5.41) is 0. The van der Waals surface area contributed by atoms with Gasteiger partial charge in [0.2, 0.25) is 0 Å². The first-order chi connectivity index (χ1) is 14.5. The van der Waals surface area contributed by atoms with Gasteiger partial charge in [-0.1, -0.05) is 50.1 Å². The first-order valence-corrected chi connectivity index (χ1v) is 12.2. The second-order valence-corrected chi connectivity index (χ2v) is 10.2. The van der Waals surface area contributed by atoms with Gasteiger partial charge < -0.3 is 0 Å². The topological polar surface area (TPSA) is 34.1 Å². The van der Waals surface area contributed by atoms with Crippen molar-refractivity contribution in [3.05, 3.63) is 78.7 Å². The predicted molar refractivity (Wildman–Crippen MR) is 127 cm³/mol. The van der Waals surface area contributed by atoms with E-state index in [-0.39, 0.29) is 0 Å². The molecular formula is C26H22Br2O2. The summed E-state index contributed by atoms with van der Waals surface area (Å²) in [6, 6.07) is 12.6. The van der Waals surface area contributed by atoms with E-state index in [1.54, 1.807) is 0 Å². The van der Waals surface area contributed by atoms with E-state index in [1.807, 2.05) is 6.07 Å². The molecule has 0 bridgehead atoms. The molecule has 4 aliphatic rings. The second kappa shape index (κ2) is 8.05. The van der Waals surface area contributed by atoms with E-state index < -0.39 is 0 Å². The number of ketones is 2. The average molecular weight is 526 g/mol. The van der Waals surface area contributed by atoms with Crippen LogP contribution in [0.4, 0.5) is 0 Å². The molecule has 0 spiro atoms. The summed E-state index contributed by atoms with van der Waals surface area (Å²) in [4.78, 5) is 23.5. The number of fused-ring (bicyclic) bond motifs is 4. The molecule has 0 radical (unpaired) electrons. The Balaban J connectivity index is 0.000000128. The van der Waals surface area contributed by atoms with E-state index in [2.05, 4.69) is 62.2 Å². The molecule has 152 valence electrons. The first kappa shape index (κ1) is 20.1. The van der Waals surface area contributed by atoms with Crippen molar-refractivity contribution in [2.75, 3.05) is 0 Å². The largest absolute Gasteiger partial charge is 0.295 e. The number of rotatable bonds is 0. The van der Waals surface area contributed by atoms with Crippen molar-refractivity contribution >= 4 is 54.6 Å². The number of halogens is 2. The van der Waals surface area contributed by atoms with E-state index >= 15 is 0 Å². The number of benzene rings is 2. The van der Waals surface area contributed by atoms with Crippen LogP contribution in [0.5, 0.6) is 0 Å². The van der Waals surface area contributed by atoms with Gasteiger partial charge in [-0.3, -0.25) is 9.59 Å². The molecule has 0 N–H and O–H groups in total. The maximum Gasteiger partial charge on any atom is 0.159 e. The lowest BCUT2D eigenvalue weighted by atomic mass is 9.91. The highest BCUT2D eigenvalue weighted by molar-refractivity contribution is 9.10. The number of hydrogen-bond acceptors (Lipinski definition) is 2. The van der Waals surface area contributed by atoms with Crippen molar-refractivity contribution < 1.29 is 9.59 Å². The predicted octanol–water partition coefficient (Wildman–Crippen LogP) is 7.02. The molecule has 0 heterocycles. The number of carbonyl (C=O) groups is 2. The highest BCUT2D eigenvalue weighted by Gasteiger charge is 2.30. The molecule has 0 aliphatic heterocycles. The average Bonchev–Trinajstić information content (AvgIpc) is 3.29.